The molecule has 0 unspecified atom stereocenters. The molecule has 3 heterocycles. The van der Waals surface area contributed by atoms with E-state index >= 15 is 0 Å². The Morgan fingerprint density at radius 2 is 2.06 bits per heavy atom. The van der Waals surface area contributed by atoms with Gasteiger partial charge in [-0.05, 0) is 66.3 Å². The van der Waals surface area contributed by atoms with E-state index in [9.17, 15) is 18.7 Å². The van der Waals surface area contributed by atoms with Crippen LogP contribution in [0, 0.1) is 18.6 Å². The highest BCUT2D eigenvalue weighted by molar-refractivity contribution is 5.97. The summed E-state index contributed by atoms with van der Waals surface area (Å²) in [6.07, 6.45) is 3.43. The topological polar surface area (TPSA) is 64.4 Å². The highest BCUT2D eigenvalue weighted by Crippen LogP contribution is 2.37. The normalized spacial score (nSPS) is 13.1. The van der Waals surface area contributed by atoms with Gasteiger partial charge >= 0.3 is 5.97 Å². The fourth-order valence-corrected chi connectivity index (χ4v) is 4.55. The van der Waals surface area contributed by atoms with Crippen LogP contribution in [0.2, 0.25) is 0 Å². The van der Waals surface area contributed by atoms with Gasteiger partial charge in [-0.25, -0.2) is 13.8 Å². The van der Waals surface area contributed by atoms with Crippen molar-refractivity contribution in [3.05, 3.63) is 82.7 Å². The standard InChI is InChI=1S/C26H22F2N2O3/c1-15-20(13-23(31)32)24(17-7-8-22-16(12-17)5-3-11-33-22)19-9-10-30(26(19)29-15)14-18-4-2-6-21(27)25(18)28/h2,4,6-10,12H,3,5,11,13-14H2,1H3,(H,31,32). The van der Waals surface area contributed by atoms with Crippen molar-refractivity contribution < 1.29 is 23.4 Å². The Balaban J connectivity index is 1.69. The van der Waals surface area contributed by atoms with Gasteiger partial charge in [-0.1, -0.05) is 18.2 Å². The molecule has 4 aromatic rings. The van der Waals surface area contributed by atoms with E-state index in [0.717, 1.165) is 46.7 Å². The predicted octanol–water partition coefficient (Wildman–Crippen LogP) is 5.29. The number of aryl methyl sites for hydroxylation is 2. The lowest BCUT2D eigenvalue weighted by atomic mass is 9.92. The maximum absolute atomic E-state index is 14.3. The second-order valence-corrected chi connectivity index (χ2v) is 8.29. The van der Waals surface area contributed by atoms with Crippen LogP contribution >= 0.6 is 0 Å². The number of aromatic nitrogens is 2. The maximum Gasteiger partial charge on any atom is 0.307 e. The van der Waals surface area contributed by atoms with Crippen LogP contribution in [-0.4, -0.2) is 27.2 Å². The molecular weight excluding hydrogens is 426 g/mol. The highest BCUT2D eigenvalue weighted by atomic mass is 19.2. The minimum Gasteiger partial charge on any atom is -0.493 e. The molecule has 0 spiro atoms. The second-order valence-electron chi connectivity index (χ2n) is 8.29. The van der Waals surface area contributed by atoms with Gasteiger partial charge in [0.15, 0.2) is 11.6 Å². The van der Waals surface area contributed by atoms with Gasteiger partial charge in [-0.2, -0.15) is 0 Å². The Morgan fingerprint density at radius 1 is 1.21 bits per heavy atom. The molecule has 0 aliphatic carbocycles. The van der Waals surface area contributed by atoms with Crippen molar-refractivity contribution >= 4 is 17.0 Å². The largest absolute Gasteiger partial charge is 0.493 e. The summed E-state index contributed by atoms with van der Waals surface area (Å²) < 4.78 is 35.5. The first-order valence-electron chi connectivity index (χ1n) is 10.8. The number of hydrogen-bond acceptors (Lipinski definition) is 3. The smallest absolute Gasteiger partial charge is 0.307 e. The summed E-state index contributed by atoms with van der Waals surface area (Å²) in [5, 5.41) is 10.3. The Morgan fingerprint density at radius 3 is 2.88 bits per heavy atom. The number of carboxylic acids is 1. The molecule has 168 valence electrons. The molecule has 0 bridgehead atoms. The fraction of sp³-hybridized carbons (Fsp3) is 0.231. The molecule has 0 amide bonds. The molecule has 33 heavy (non-hydrogen) atoms. The SMILES string of the molecule is Cc1nc2c(ccn2Cc2cccc(F)c2F)c(-c2ccc3c(c2)CCCO3)c1CC(=O)O. The van der Waals surface area contributed by atoms with Gasteiger partial charge in [-0.3, -0.25) is 4.79 Å². The molecule has 1 N–H and O–H groups in total. The van der Waals surface area contributed by atoms with Crippen LogP contribution < -0.4 is 4.74 Å². The maximum atomic E-state index is 14.3. The number of fused-ring (bicyclic) bond motifs is 2. The number of aliphatic carboxylic acids is 1. The van der Waals surface area contributed by atoms with E-state index in [-0.39, 0.29) is 18.5 Å². The molecule has 0 fully saturated rings. The van der Waals surface area contributed by atoms with Gasteiger partial charge in [0.05, 0.1) is 19.6 Å². The third-order valence-electron chi connectivity index (χ3n) is 6.11. The number of carbonyl (C=O) groups is 1. The fourth-order valence-electron chi connectivity index (χ4n) is 4.55. The molecule has 7 heteroatoms. The number of carboxylic acid groups (broad SMARTS) is 1. The van der Waals surface area contributed by atoms with Crippen LogP contribution in [0.4, 0.5) is 8.78 Å². The molecule has 2 aromatic carbocycles. The van der Waals surface area contributed by atoms with Crippen LogP contribution in [0.3, 0.4) is 0 Å². The van der Waals surface area contributed by atoms with Crippen LogP contribution in [0.1, 0.15) is 28.8 Å². The summed E-state index contributed by atoms with van der Waals surface area (Å²) in [6, 6.07) is 11.9. The number of rotatable bonds is 5. The van der Waals surface area contributed by atoms with E-state index in [0.29, 0.717) is 23.5 Å². The van der Waals surface area contributed by atoms with Gasteiger partial charge in [0.1, 0.15) is 11.4 Å². The number of ether oxygens (including phenoxy) is 1. The molecule has 2 aromatic heterocycles. The Bertz CT molecular complexity index is 1390. The van der Waals surface area contributed by atoms with E-state index in [1.54, 1.807) is 23.8 Å². The summed E-state index contributed by atoms with van der Waals surface area (Å²) in [7, 11) is 0. The molecule has 5 nitrogen and oxygen atoms in total. The lowest BCUT2D eigenvalue weighted by molar-refractivity contribution is -0.136. The zero-order valence-electron chi connectivity index (χ0n) is 18.1. The number of nitrogens with zero attached hydrogens (tertiary/aromatic N) is 2. The first-order chi connectivity index (χ1) is 15.9. The first kappa shape index (κ1) is 21.1. The summed E-state index contributed by atoms with van der Waals surface area (Å²) in [5.74, 6) is -1.86. The van der Waals surface area contributed by atoms with Gasteiger partial charge in [0.25, 0.3) is 0 Å². The Labute approximate surface area is 189 Å². The second kappa shape index (κ2) is 8.31. The van der Waals surface area contributed by atoms with E-state index in [1.807, 2.05) is 18.2 Å². The van der Waals surface area contributed by atoms with Crippen molar-refractivity contribution in [1.82, 2.24) is 9.55 Å². The molecular formula is C26H22F2N2O3. The summed E-state index contributed by atoms with van der Waals surface area (Å²) in [5.41, 5.74) is 4.81. The quantitative estimate of drug-likeness (QED) is 0.451. The first-order valence-corrected chi connectivity index (χ1v) is 10.8. The lowest BCUT2D eigenvalue weighted by Gasteiger charge is -2.20. The minimum absolute atomic E-state index is 0.106. The molecule has 5 rings (SSSR count). The number of benzene rings is 2. The van der Waals surface area contributed by atoms with Crippen molar-refractivity contribution in [3.63, 3.8) is 0 Å². The third-order valence-corrected chi connectivity index (χ3v) is 6.11. The number of halogens is 2. The predicted molar refractivity (Wildman–Crippen MR) is 121 cm³/mol. The van der Waals surface area contributed by atoms with Crippen molar-refractivity contribution in [1.29, 1.82) is 0 Å². The van der Waals surface area contributed by atoms with Crippen molar-refractivity contribution in [2.24, 2.45) is 0 Å². The average molecular weight is 448 g/mol. The van der Waals surface area contributed by atoms with E-state index < -0.39 is 17.6 Å². The van der Waals surface area contributed by atoms with E-state index in [4.69, 9.17) is 4.74 Å². The van der Waals surface area contributed by atoms with Crippen molar-refractivity contribution in [3.8, 4) is 16.9 Å². The molecule has 0 saturated carbocycles. The molecule has 1 aliphatic heterocycles. The van der Waals surface area contributed by atoms with E-state index in [2.05, 4.69) is 11.1 Å². The highest BCUT2D eigenvalue weighted by Gasteiger charge is 2.21. The average Bonchev–Trinajstić information content (AvgIpc) is 3.18. The number of pyridine rings is 1. The van der Waals surface area contributed by atoms with Crippen LogP contribution in [0.25, 0.3) is 22.2 Å². The summed E-state index contributed by atoms with van der Waals surface area (Å²) >= 11 is 0. The zero-order chi connectivity index (χ0) is 23.1. The van der Waals surface area contributed by atoms with Gasteiger partial charge in [0.2, 0.25) is 0 Å². The van der Waals surface area contributed by atoms with Gasteiger partial charge in [-0.15, -0.1) is 0 Å². The summed E-state index contributed by atoms with van der Waals surface area (Å²) in [4.78, 5) is 16.3. The monoisotopic (exact) mass is 448 g/mol. The lowest BCUT2D eigenvalue weighted by Crippen LogP contribution is -2.10. The van der Waals surface area contributed by atoms with Gasteiger partial charge < -0.3 is 14.4 Å². The van der Waals surface area contributed by atoms with Crippen LogP contribution in [0.15, 0.2) is 48.7 Å². The van der Waals surface area contributed by atoms with Crippen molar-refractivity contribution in [2.75, 3.05) is 6.61 Å². The third kappa shape index (κ3) is 3.84. The molecule has 0 saturated heterocycles. The van der Waals surface area contributed by atoms with Crippen molar-refractivity contribution in [2.45, 2.75) is 32.7 Å². The Hall–Kier alpha value is -3.74. The Kier molecular flexibility index (Phi) is 5.32. The number of hydrogen-bond donors (Lipinski definition) is 1. The van der Waals surface area contributed by atoms with E-state index in [1.165, 1.54) is 6.07 Å². The summed E-state index contributed by atoms with van der Waals surface area (Å²) in [6.45, 7) is 2.58. The zero-order valence-corrected chi connectivity index (χ0v) is 18.1. The van der Waals surface area contributed by atoms with Crippen LogP contribution in [-0.2, 0) is 24.2 Å². The molecule has 0 atom stereocenters. The molecule has 0 radical (unpaired) electrons. The van der Waals surface area contributed by atoms with Crippen LogP contribution in [0.5, 0.6) is 5.75 Å². The van der Waals surface area contributed by atoms with Gasteiger partial charge in [0, 0.05) is 22.8 Å². The molecule has 1 aliphatic rings. The minimum atomic E-state index is -0.942.